The molecule has 5 heteroatoms. The summed E-state index contributed by atoms with van der Waals surface area (Å²) in [5.74, 6) is 0. The number of hydrogen-bond donors (Lipinski definition) is 0. The van der Waals surface area contributed by atoms with Crippen molar-refractivity contribution in [3.63, 3.8) is 0 Å². The van der Waals surface area contributed by atoms with Crippen molar-refractivity contribution in [3.05, 3.63) is 0 Å². The quantitative estimate of drug-likeness (QED) is 0.539. The van der Waals surface area contributed by atoms with E-state index >= 15 is 0 Å². The average molecular weight is 383 g/mol. The van der Waals surface area contributed by atoms with Crippen molar-refractivity contribution in [3.8, 4) is 0 Å². The maximum absolute atomic E-state index is 7.44. The van der Waals surface area contributed by atoms with Gasteiger partial charge >= 0.3 is 0 Å². The van der Waals surface area contributed by atoms with E-state index < -0.39 is 0 Å². The van der Waals surface area contributed by atoms with Crippen LogP contribution < -0.4 is 0 Å². The Balaban J connectivity index is 1.68. The molecule has 0 bridgehead atoms. The Morgan fingerprint density at radius 3 is 0.926 bits per heavy atom. The summed E-state index contributed by atoms with van der Waals surface area (Å²) in [4.78, 5) is 0. The van der Waals surface area contributed by atoms with Gasteiger partial charge in [0.2, 0.25) is 0 Å². The van der Waals surface area contributed by atoms with E-state index in [4.69, 9.17) is 23.7 Å². The van der Waals surface area contributed by atoms with Crippen LogP contribution in [0.15, 0.2) is 0 Å². The first-order chi connectivity index (χ1) is 12.5. The highest BCUT2D eigenvalue weighted by atomic mass is 16.6. The number of epoxide rings is 4. The monoisotopic (exact) mass is 382 g/mol. The van der Waals surface area contributed by atoms with Crippen LogP contribution in [0.2, 0.25) is 0 Å². The van der Waals surface area contributed by atoms with Crippen LogP contribution in [-0.4, -0.2) is 62.0 Å². The predicted octanol–water partition coefficient (Wildman–Crippen LogP) is 3.73. The van der Waals surface area contributed by atoms with Crippen molar-refractivity contribution in [2.45, 2.75) is 103 Å². The zero-order valence-corrected chi connectivity index (χ0v) is 18.0. The Morgan fingerprint density at radius 1 is 0.556 bits per heavy atom. The summed E-state index contributed by atoms with van der Waals surface area (Å²) in [5, 5.41) is 0. The molecule has 0 aromatic heterocycles. The van der Waals surface area contributed by atoms with Crippen LogP contribution in [0.1, 0.15) is 67.2 Å². The molecule has 4 rings (SSSR count). The van der Waals surface area contributed by atoms with E-state index in [0.717, 1.165) is 52.1 Å². The van der Waals surface area contributed by atoms with Crippen LogP contribution >= 0.6 is 0 Å². The molecule has 0 aliphatic carbocycles. The highest BCUT2D eigenvalue weighted by Gasteiger charge is 2.59. The SMILES string of the molecule is CC(C)(C)C(CC1CO1)(CC1CO1)OC(CC1CO1)(CC1CO1)C(C)(C)C. The third kappa shape index (κ3) is 4.69. The maximum atomic E-state index is 7.44. The Kier molecular flexibility index (Phi) is 4.96. The fraction of sp³-hybridized carbons (Fsp3) is 1.00. The second-order valence-corrected chi connectivity index (χ2v) is 11.2. The van der Waals surface area contributed by atoms with Gasteiger partial charge in [0.15, 0.2) is 0 Å². The third-order valence-corrected chi connectivity index (χ3v) is 6.96. The topological polar surface area (TPSA) is 59.4 Å². The summed E-state index contributed by atoms with van der Waals surface area (Å²) in [5.41, 5.74) is -0.606. The fourth-order valence-electron chi connectivity index (χ4n) is 4.45. The molecule has 0 aromatic rings. The van der Waals surface area contributed by atoms with Crippen molar-refractivity contribution in [2.75, 3.05) is 26.4 Å². The lowest BCUT2D eigenvalue weighted by molar-refractivity contribution is -0.253. The van der Waals surface area contributed by atoms with E-state index in [1.54, 1.807) is 0 Å². The molecule has 0 spiro atoms. The molecule has 27 heavy (non-hydrogen) atoms. The molecule has 4 saturated heterocycles. The van der Waals surface area contributed by atoms with Gasteiger partial charge in [0.05, 0.1) is 62.0 Å². The molecule has 0 N–H and O–H groups in total. The van der Waals surface area contributed by atoms with Crippen molar-refractivity contribution in [2.24, 2.45) is 10.8 Å². The minimum absolute atomic E-state index is 0.0176. The standard InChI is InChI=1S/C22H38O5/c1-19(2,3)21(7-15-11-23-15,8-16-12-24-16)27-22(20(4,5)6,9-17-13-25-17)10-18-14-26-18/h15-18H,7-14H2,1-6H3. The largest absolute Gasteiger partial charge is 0.373 e. The van der Waals surface area contributed by atoms with E-state index in [9.17, 15) is 0 Å². The van der Waals surface area contributed by atoms with E-state index in [-0.39, 0.29) is 22.0 Å². The van der Waals surface area contributed by atoms with Crippen LogP contribution in [0.25, 0.3) is 0 Å². The number of ether oxygens (including phenoxy) is 5. The highest BCUT2D eigenvalue weighted by molar-refractivity contribution is 5.07. The molecule has 4 aliphatic heterocycles. The lowest BCUT2D eigenvalue weighted by atomic mass is 9.66. The predicted molar refractivity (Wildman–Crippen MR) is 103 cm³/mol. The summed E-state index contributed by atoms with van der Waals surface area (Å²) in [7, 11) is 0. The van der Waals surface area contributed by atoms with Gasteiger partial charge in [0.1, 0.15) is 0 Å². The minimum Gasteiger partial charge on any atom is -0.373 e. The molecule has 156 valence electrons. The van der Waals surface area contributed by atoms with Gasteiger partial charge < -0.3 is 23.7 Å². The van der Waals surface area contributed by atoms with E-state index in [1.807, 2.05) is 0 Å². The van der Waals surface area contributed by atoms with Crippen LogP contribution in [0.5, 0.6) is 0 Å². The molecule has 0 amide bonds. The lowest BCUT2D eigenvalue weighted by Crippen LogP contribution is -2.59. The summed E-state index contributed by atoms with van der Waals surface area (Å²) in [6.45, 7) is 17.3. The second kappa shape index (κ2) is 6.66. The summed E-state index contributed by atoms with van der Waals surface area (Å²) in [6.07, 6.45) is 5.00. The summed E-state index contributed by atoms with van der Waals surface area (Å²) >= 11 is 0. The van der Waals surface area contributed by atoms with Gasteiger partial charge in [-0.1, -0.05) is 41.5 Å². The molecule has 0 saturated carbocycles. The van der Waals surface area contributed by atoms with Crippen LogP contribution in [0, 0.1) is 10.8 Å². The minimum atomic E-state index is -0.285. The molecular formula is C22H38O5. The molecule has 4 fully saturated rings. The van der Waals surface area contributed by atoms with Gasteiger partial charge in [-0.05, 0) is 10.8 Å². The van der Waals surface area contributed by atoms with Crippen LogP contribution in [0.4, 0.5) is 0 Å². The zero-order chi connectivity index (χ0) is 19.5. The molecule has 4 aliphatic rings. The Hall–Kier alpha value is -0.200. The Bertz CT molecular complexity index is 454. The van der Waals surface area contributed by atoms with E-state index in [2.05, 4.69) is 41.5 Å². The summed E-state index contributed by atoms with van der Waals surface area (Å²) in [6, 6.07) is 0. The molecule has 5 nitrogen and oxygen atoms in total. The highest BCUT2D eigenvalue weighted by Crippen LogP contribution is 2.54. The number of hydrogen-bond acceptors (Lipinski definition) is 5. The lowest BCUT2D eigenvalue weighted by Gasteiger charge is -2.55. The molecule has 4 heterocycles. The molecule has 4 unspecified atom stereocenters. The normalized spacial score (nSPS) is 36.7. The van der Waals surface area contributed by atoms with Gasteiger partial charge in [0, 0.05) is 25.7 Å². The van der Waals surface area contributed by atoms with Gasteiger partial charge in [-0.2, -0.15) is 0 Å². The number of rotatable bonds is 10. The van der Waals surface area contributed by atoms with E-state index in [1.165, 1.54) is 0 Å². The van der Waals surface area contributed by atoms with E-state index in [0.29, 0.717) is 24.4 Å². The van der Waals surface area contributed by atoms with Crippen molar-refractivity contribution >= 4 is 0 Å². The van der Waals surface area contributed by atoms with Crippen molar-refractivity contribution < 1.29 is 23.7 Å². The maximum Gasteiger partial charge on any atom is 0.0837 e. The van der Waals surface area contributed by atoms with Crippen LogP contribution in [-0.2, 0) is 23.7 Å². The average Bonchev–Trinajstić information content (AvgIpc) is 3.37. The third-order valence-electron chi connectivity index (χ3n) is 6.96. The van der Waals surface area contributed by atoms with Gasteiger partial charge in [-0.15, -0.1) is 0 Å². The Labute approximate surface area is 164 Å². The second-order valence-electron chi connectivity index (χ2n) is 11.2. The molecule has 4 atom stereocenters. The smallest absolute Gasteiger partial charge is 0.0837 e. The van der Waals surface area contributed by atoms with Gasteiger partial charge in [-0.25, -0.2) is 0 Å². The molecule has 0 aromatic carbocycles. The first-order valence-electron chi connectivity index (χ1n) is 10.7. The van der Waals surface area contributed by atoms with Crippen molar-refractivity contribution in [1.29, 1.82) is 0 Å². The Morgan fingerprint density at radius 2 is 0.778 bits per heavy atom. The van der Waals surface area contributed by atoms with Gasteiger partial charge in [-0.3, -0.25) is 0 Å². The summed E-state index contributed by atoms with van der Waals surface area (Å²) < 4.78 is 30.1. The molecule has 0 radical (unpaired) electrons. The molecular weight excluding hydrogens is 344 g/mol. The van der Waals surface area contributed by atoms with Gasteiger partial charge in [0.25, 0.3) is 0 Å². The van der Waals surface area contributed by atoms with Crippen molar-refractivity contribution in [1.82, 2.24) is 0 Å². The first kappa shape index (κ1) is 20.1. The zero-order valence-electron chi connectivity index (χ0n) is 18.0. The first-order valence-corrected chi connectivity index (χ1v) is 10.7. The van der Waals surface area contributed by atoms with Crippen LogP contribution in [0.3, 0.4) is 0 Å². The fourth-order valence-corrected chi connectivity index (χ4v) is 4.45.